The van der Waals surface area contributed by atoms with E-state index in [-0.39, 0.29) is 0 Å². The highest BCUT2D eigenvalue weighted by atomic mass is 16.5. The fraction of sp³-hybridized carbons (Fsp3) is 0.263. The molecule has 0 amide bonds. The quantitative estimate of drug-likeness (QED) is 0.774. The van der Waals surface area contributed by atoms with Gasteiger partial charge in [0.1, 0.15) is 5.75 Å². The van der Waals surface area contributed by atoms with Crippen LogP contribution >= 0.6 is 0 Å². The molecule has 2 aromatic carbocycles. The van der Waals surface area contributed by atoms with E-state index in [2.05, 4.69) is 66.4 Å². The number of ether oxygens (including phenoxy) is 1. The second kappa shape index (κ2) is 6.24. The molecule has 0 aliphatic rings. The molecule has 0 spiro atoms. The van der Waals surface area contributed by atoms with Crippen molar-refractivity contribution < 1.29 is 4.74 Å². The Morgan fingerprint density at radius 3 is 2.65 bits per heavy atom. The Bertz CT molecular complexity index is 843. The number of rotatable bonds is 4. The highest BCUT2D eigenvalue weighted by Gasteiger charge is 2.10. The molecule has 0 unspecified atom stereocenters. The maximum absolute atomic E-state index is 5.59. The first kappa shape index (κ1) is 15.3. The van der Waals surface area contributed by atoms with Gasteiger partial charge in [-0.2, -0.15) is 0 Å². The summed E-state index contributed by atoms with van der Waals surface area (Å²) in [4.78, 5) is 8.97. The monoisotopic (exact) mass is 307 g/mol. The van der Waals surface area contributed by atoms with Crippen molar-refractivity contribution in [2.24, 2.45) is 0 Å². The number of aromatic nitrogens is 2. The van der Waals surface area contributed by atoms with Crippen molar-refractivity contribution in [1.82, 2.24) is 9.97 Å². The second-order valence-corrected chi connectivity index (χ2v) is 5.97. The number of hydrogen-bond acceptors (Lipinski definition) is 4. The Hall–Kier alpha value is -2.62. The Kier molecular flexibility index (Phi) is 4.15. The summed E-state index contributed by atoms with van der Waals surface area (Å²) in [7, 11) is 1.69. The van der Waals surface area contributed by atoms with Crippen molar-refractivity contribution in [2.45, 2.75) is 26.8 Å². The third-order valence-electron chi connectivity index (χ3n) is 3.65. The summed E-state index contributed by atoms with van der Waals surface area (Å²) >= 11 is 0. The summed E-state index contributed by atoms with van der Waals surface area (Å²) < 4.78 is 5.59. The molecule has 3 rings (SSSR count). The van der Waals surface area contributed by atoms with Gasteiger partial charge in [-0.1, -0.05) is 29.8 Å². The molecule has 0 aliphatic carbocycles. The van der Waals surface area contributed by atoms with Crippen molar-refractivity contribution in [1.29, 1.82) is 0 Å². The van der Waals surface area contributed by atoms with E-state index in [1.54, 1.807) is 7.11 Å². The van der Waals surface area contributed by atoms with Gasteiger partial charge in [0.25, 0.3) is 0 Å². The van der Waals surface area contributed by atoms with Crippen LogP contribution in [0.25, 0.3) is 22.0 Å². The standard InChI is InChI=1S/C19H21N3O/c1-12(2)21-19-20-11-15-9-16(14-7-5-6-13(3)8-14)18(23-4)10-17(15)22-19/h5-12H,1-4H3,(H,20,21,22). The minimum atomic E-state index is 0.293. The van der Waals surface area contributed by atoms with Crippen LogP contribution in [0.15, 0.2) is 42.6 Å². The molecule has 0 radical (unpaired) electrons. The molecular weight excluding hydrogens is 286 g/mol. The lowest BCUT2D eigenvalue weighted by Gasteiger charge is -2.12. The molecule has 0 saturated carbocycles. The molecule has 0 saturated heterocycles. The zero-order chi connectivity index (χ0) is 16.4. The predicted molar refractivity (Wildman–Crippen MR) is 95.0 cm³/mol. The minimum Gasteiger partial charge on any atom is -0.496 e. The average Bonchev–Trinajstić information content (AvgIpc) is 2.53. The van der Waals surface area contributed by atoms with Gasteiger partial charge in [0.2, 0.25) is 5.95 Å². The van der Waals surface area contributed by atoms with E-state index in [1.165, 1.54) is 5.56 Å². The summed E-state index contributed by atoms with van der Waals surface area (Å²) in [5.74, 6) is 1.45. The molecule has 1 N–H and O–H groups in total. The van der Waals surface area contributed by atoms with Crippen molar-refractivity contribution in [2.75, 3.05) is 12.4 Å². The smallest absolute Gasteiger partial charge is 0.223 e. The van der Waals surface area contributed by atoms with Crippen LogP contribution in [-0.4, -0.2) is 23.1 Å². The topological polar surface area (TPSA) is 47.0 Å². The maximum Gasteiger partial charge on any atom is 0.223 e. The molecule has 23 heavy (non-hydrogen) atoms. The summed E-state index contributed by atoms with van der Waals surface area (Å²) in [5, 5.41) is 4.22. The molecule has 1 heterocycles. The first-order chi connectivity index (χ1) is 11.1. The third kappa shape index (κ3) is 3.26. The molecule has 1 aromatic heterocycles. The van der Waals surface area contributed by atoms with Gasteiger partial charge in [-0.25, -0.2) is 9.97 Å². The second-order valence-electron chi connectivity index (χ2n) is 5.97. The Labute approximate surface area is 136 Å². The molecule has 4 nitrogen and oxygen atoms in total. The zero-order valence-electron chi connectivity index (χ0n) is 13.9. The van der Waals surface area contributed by atoms with Gasteiger partial charge >= 0.3 is 0 Å². The number of aryl methyl sites for hydroxylation is 1. The van der Waals surface area contributed by atoms with Crippen molar-refractivity contribution in [3.63, 3.8) is 0 Å². The summed E-state index contributed by atoms with van der Waals surface area (Å²) in [6.45, 7) is 6.22. The van der Waals surface area contributed by atoms with E-state index in [1.807, 2.05) is 12.3 Å². The van der Waals surface area contributed by atoms with Crippen molar-refractivity contribution in [3.8, 4) is 16.9 Å². The van der Waals surface area contributed by atoms with Crippen LogP contribution in [0.1, 0.15) is 19.4 Å². The van der Waals surface area contributed by atoms with Crippen molar-refractivity contribution in [3.05, 3.63) is 48.2 Å². The molecule has 0 atom stereocenters. The Morgan fingerprint density at radius 1 is 1.13 bits per heavy atom. The Morgan fingerprint density at radius 2 is 1.96 bits per heavy atom. The number of benzene rings is 2. The molecule has 0 aliphatic heterocycles. The first-order valence-electron chi connectivity index (χ1n) is 7.75. The predicted octanol–water partition coefficient (Wildman–Crippen LogP) is 4.43. The molecule has 4 heteroatoms. The lowest BCUT2D eigenvalue weighted by molar-refractivity contribution is 0.417. The van der Waals surface area contributed by atoms with Gasteiger partial charge in [0.05, 0.1) is 12.6 Å². The summed E-state index contributed by atoms with van der Waals surface area (Å²) in [6, 6.07) is 12.7. The highest BCUT2D eigenvalue weighted by molar-refractivity contribution is 5.88. The Balaban J connectivity index is 2.13. The van der Waals surface area contributed by atoms with E-state index in [0.29, 0.717) is 12.0 Å². The van der Waals surface area contributed by atoms with Gasteiger partial charge in [-0.05, 0) is 32.4 Å². The third-order valence-corrected chi connectivity index (χ3v) is 3.65. The lowest BCUT2D eigenvalue weighted by Crippen LogP contribution is -2.12. The van der Waals surface area contributed by atoms with Gasteiger partial charge in [0, 0.05) is 29.3 Å². The number of nitrogens with zero attached hydrogens (tertiary/aromatic N) is 2. The van der Waals surface area contributed by atoms with Crippen LogP contribution in [0.4, 0.5) is 5.95 Å². The molecule has 3 aromatic rings. The van der Waals surface area contributed by atoms with Crippen LogP contribution in [0.2, 0.25) is 0 Å². The lowest BCUT2D eigenvalue weighted by atomic mass is 10.0. The summed E-state index contributed by atoms with van der Waals surface area (Å²) in [5.41, 5.74) is 4.28. The number of hydrogen-bond donors (Lipinski definition) is 1. The van der Waals surface area contributed by atoms with Crippen molar-refractivity contribution >= 4 is 16.9 Å². The van der Waals surface area contributed by atoms with Crippen LogP contribution in [-0.2, 0) is 0 Å². The van der Waals surface area contributed by atoms with E-state index in [4.69, 9.17) is 4.74 Å². The van der Waals surface area contributed by atoms with Crippen LogP contribution in [0, 0.1) is 6.92 Å². The number of nitrogens with one attached hydrogen (secondary N) is 1. The highest BCUT2D eigenvalue weighted by Crippen LogP contribution is 2.34. The van der Waals surface area contributed by atoms with E-state index < -0.39 is 0 Å². The molecule has 0 fully saturated rings. The van der Waals surface area contributed by atoms with E-state index in [0.717, 1.165) is 27.8 Å². The van der Waals surface area contributed by atoms with Gasteiger partial charge < -0.3 is 10.1 Å². The van der Waals surface area contributed by atoms with Gasteiger partial charge in [-0.3, -0.25) is 0 Å². The first-order valence-corrected chi connectivity index (χ1v) is 7.75. The zero-order valence-corrected chi connectivity index (χ0v) is 13.9. The van der Waals surface area contributed by atoms with Crippen LogP contribution < -0.4 is 10.1 Å². The maximum atomic E-state index is 5.59. The van der Waals surface area contributed by atoms with Crippen LogP contribution in [0.5, 0.6) is 5.75 Å². The molecule has 0 bridgehead atoms. The molecule has 118 valence electrons. The van der Waals surface area contributed by atoms with E-state index >= 15 is 0 Å². The average molecular weight is 307 g/mol. The SMILES string of the molecule is COc1cc2nc(NC(C)C)ncc2cc1-c1cccc(C)c1. The van der Waals surface area contributed by atoms with Gasteiger partial charge in [0.15, 0.2) is 0 Å². The van der Waals surface area contributed by atoms with Gasteiger partial charge in [-0.15, -0.1) is 0 Å². The fourth-order valence-corrected chi connectivity index (χ4v) is 2.59. The minimum absolute atomic E-state index is 0.293. The molecular formula is C19H21N3O. The normalized spacial score (nSPS) is 11.0. The number of methoxy groups -OCH3 is 1. The number of fused-ring (bicyclic) bond motifs is 1. The summed E-state index contributed by atoms with van der Waals surface area (Å²) in [6.07, 6.45) is 1.85. The largest absolute Gasteiger partial charge is 0.496 e. The van der Waals surface area contributed by atoms with Crippen LogP contribution in [0.3, 0.4) is 0 Å². The number of anilines is 1. The van der Waals surface area contributed by atoms with E-state index in [9.17, 15) is 0 Å². The fourth-order valence-electron chi connectivity index (χ4n) is 2.59.